The van der Waals surface area contributed by atoms with Gasteiger partial charge in [0.05, 0.1) is 19.8 Å². The number of rotatable bonds is 6. The van der Waals surface area contributed by atoms with Crippen LogP contribution in [0.1, 0.15) is 55.8 Å². The zero-order valence-corrected chi connectivity index (χ0v) is 15.2. The molecular weight excluding hydrogens is 322 g/mol. The van der Waals surface area contributed by atoms with Gasteiger partial charge < -0.3 is 19.5 Å². The lowest BCUT2D eigenvalue weighted by molar-refractivity contribution is -0.128. The van der Waals surface area contributed by atoms with Crippen molar-refractivity contribution in [3.8, 4) is 11.5 Å². The fraction of sp³-hybridized carbons (Fsp3) is 0.579. The molecule has 1 atom stereocenters. The van der Waals surface area contributed by atoms with E-state index in [4.69, 9.17) is 14.2 Å². The number of benzene rings is 1. The Bertz CT molecular complexity index is 593. The van der Waals surface area contributed by atoms with Crippen LogP contribution in [0.2, 0.25) is 0 Å². The predicted octanol–water partition coefficient (Wildman–Crippen LogP) is 3.09. The Hall–Kier alpha value is -2.24. The predicted molar refractivity (Wildman–Crippen MR) is 94.1 cm³/mol. The molecule has 1 fully saturated rings. The van der Waals surface area contributed by atoms with E-state index < -0.39 is 12.1 Å². The third-order valence-electron chi connectivity index (χ3n) is 4.46. The number of amides is 1. The van der Waals surface area contributed by atoms with Crippen LogP contribution < -0.4 is 14.8 Å². The third-order valence-corrected chi connectivity index (χ3v) is 4.46. The normalized spacial score (nSPS) is 16.4. The zero-order chi connectivity index (χ0) is 18.2. The van der Waals surface area contributed by atoms with Gasteiger partial charge in [-0.3, -0.25) is 4.79 Å². The lowest BCUT2D eigenvalue weighted by atomic mass is 10.1. The molecule has 1 aliphatic rings. The van der Waals surface area contributed by atoms with E-state index in [9.17, 15) is 9.59 Å². The minimum atomic E-state index is -0.652. The molecule has 0 aliphatic heterocycles. The van der Waals surface area contributed by atoms with Gasteiger partial charge >= 0.3 is 5.97 Å². The van der Waals surface area contributed by atoms with Gasteiger partial charge in [0.1, 0.15) is 0 Å². The van der Waals surface area contributed by atoms with Crippen molar-refractivity contribution in [2.75, 3.05) is 14.2 Å². The van der Waals surface area contributed by atoms with Crippen LogP contribution >= 0.6 is 0 Å². The molecule has 0 aromatic heterocycles. The van der Waals surface area contributed by atoms with Crippen molar-refractivity contribution >= 4 is 11.9 Å². The highest BCUT2D eigenvalue weighted by atomic mass is 16.5. The molecule has 0 radical (unpaired) electrons. The first-order valence-corrected chi connectivity index (χ1v) is 8.78. The van der Waals surface area contributed by atoms with Crippen LogP contribution in [0, 0.1) is 0 Å². The van der Waals surface area contributed by atoms with Crippen molar-refractivity contribution in [2.45, 2.75) is 57.6 Å². The Labute approximate surface area is 148 Å². The van der Waals surface area contributed by atoms with Crippen LogP contribution in [0.3, 0.4) is 0 Å². The number of carbonyl (C=O) groups is 2. The van der Waals surface area contributed by atoms with Crippen LogP contribution in [0.25, 0.3) is 0 Å². The third kappa shape index (κ3) is 5.37. The highest BCUT2D eigenvalue weighted by Crippen LogP contribution is 2.29. The molecule has 138 valence electrons. The maximum Gasteiger partial charge on any atom is 0.337 e. The van der Waals surface area contributed by atoms with Crippen molar-refractivity contribution in [1.82, 2.24) is 5.32 Å². The molecule has 1 N–H and O–H groups in total. The van der Waals surface area contributed by atoms with Gasteiger partial charge in [0.25, 0.3) is 5.91 Å². The molecule has 1 aromatic carbocycles. The SMILES string of the molecule is COC(=O)c1ccc(O[C@H](C)C(=O)NC2CCCCCC2)c(OC)c1. The van der Waals surface area contributed by atoms with Crippen LogP contribution in [0.5, 0.6) is 11.5 Å². The lowest BCUT2D eigenvalue weighted by Gasteiger charge is -2.21. The minimum Gasteiger partial charge on any atom is -0.493 e. The molecule has 0 heterocycles. The maximum absolute atomic E-state index is 12.4. The molecule has 0 saturated heterocycles. The van der Waals surface area contributed by atoms with Gasteiger partial charge in [0, 0.05) is 6.04 Å². The molecule has 25 heavy (non-hydrogen) atoms. The summed E-state index contributed by atoms with van der Waals surface area (Å²) in [5.41, 5.74) is 0.363. The Morgan fingerprint density at radius 3 is 2.36 bits per heavy atom. The van der Waals surface area contributed by atoms with Crippen molar-refractivity contribution in [2.24, 2.45) is 0 Å². The van der Waals surface area contributed by atoms with Gasteiger partial charge in [-0.25, -0.2) is 4.79 Å². The molecule has 2 rings (SSSR count). The van der Waals surface area contributed by atoms with Gasteiger partial charge in [-0.05, 0) is 38.0 Å². The summed E-state index contributed by atoms with van der Waals surface area (Å²) in [6, 6.07) is 4.96. The molecule has 0 unspecified atom stereocenters. The van der Waals surface area contributed by atoms with Crippen LogP contribution in [0.4, 0.5) is 0 Å². The van der Waals surface area contributed by atoms with Crippen molar-refractivity contribution in [1.29, 1.82) is 0 Å². The van der Waals surface area contributed by atoms with Crippen LogP contribution in [0.15, 0.2) is 18.2 Å². The summed E-state index contributed by atoms with van der Waals surface area (Å²) < 4.78 is 15.7. The van der Waals surface area contributed by atoms with E-state index >= 15 is 0 Å². The summed E-state index contributed by atoms with van der Waals surface area (Å²) in [5.74, 6) is 0.214. The average Bonchev–Trinajstić information content (AvgIpc) is 2.89. The van der Waals surface area contributed by atoms with Gasteiger partial charge in [-0.1, -0.05) is 25.7 Å². The molecule has 6 heteroatoms. The van der Waals surface area contributed by atoms with E-state index in [-0.39, 0.29) is 11.9 Å². The quantitative estimate of drug-likeness (QED) is 0.631. The van der Waals surface area contributed by atoms with E-state index in [2.05, 4.69) is 5.32 Å². The molecule has 1 amide bonds. The molecule has 0 bridgehead atoms. The van der Waals surface area contributed by atoms with Crippen LogP contribution in [-0.4, -0.2) is 38.2 Å². The topological polar surface area (TPSA) is 73.9 Å². The zero-order valence-electron chi connectivity index (χ0n) is 15.2. The number of hydrogen-bond donors (Lipinski definition) is 1. The van der Waals surface area contributed by atoms with Gasteiger partial charge in [0.2, 0.25) is 0 Å². The van der Waals surface area contributed by atoms with E-state index in [1.807, 2.05) is 0 Å². The second kappa shape index (κ2) is 9.30. The lowest BCUT2D eigenvalue weighted by Crippen LogP contribution is -2.42. The second-order valence-electron chi connectivity index (χ2n) is 6.31. The number of methoxy groups -OCH3 is 2. The Morgan fingerprint density at radius 1 is 1.08 bits per heavy atom. The standard InChI is InChI=1S/C19H27NO5/c1-13(18(21)20-15-8-6-4-5-7-9-15)25-16-11-10-14(19(22)24-3)12-17(16)23-2/h10-13,15H,4-9H2,1-3H3,(H,20,21)/t13-/m1/s1. The molecule has 1 saturated carbocycles. The average molecular weight is 349 g/mol. The first-order valence-electron chi connectivity index (χ1n) is 8.78. The number of carbonyl (C=O) groups excluding carboxylic acids is 2. The first kappa shape index (κ1) is 19.1. The van der Waals surface area contributed by atoms with E-state index in [0.717, 1.165) is 25.7 Å². The Balaban J connectivity index is 1.99. The number of esters is 1. The van der Waals surface area contributed by atoms with Gasteiger partial charge in [-0.15, -0.1) is 0 Å². The molecule has 1 aliphatic carbocycles. The molecule has 6 nitrogen and oxygen atoms in total. The fourth-order valence-electron chi connectivity index (χ4n) is 3.00. The first-order chi connectivity index (χ1) is 12.0. The number of nitrogens with one attached hydrogen (secondary N) is 1. The van der Waals surface area contributed by atoms with Crippen molar-refractivity contribution in [3.05, 3.63) is 23.8 Å². The largest absolute Gasteiger partial charge is 0.493 e. The highest BCUT2D eigenvalue weighted by Gasteiger charge is 2.21. The van der Waals surface area contributed by atoms with E-state index in [0.29, 0.717) is 17.1 Å². The summed E-state index contributed by atoms with van der Waals surface area (Å²) in [4.78, 5) is 24.0. The maximum atomic E-state index is 12.4. The number of hydrogen-bond acceptors (Lipinski definition) is 5. The van der Waals surface area contributed by atoms with Crippen LogP contribution in [-0.2, 0) is 9.53 Å². The summed E-state index contributed by atoms with van der Waals surface area (Å²) in [5, 5.41) is 3.08. The van der Waals surface area contributed by atoms with E-state index in [1.165, 1.54) is 33.1 Å². The van der Waals surface area contributed by atoms with Crippen molar-refractivity contribution in [3.63, 3.8) is 0 Å². The molecular formula is C19H27NO5. The summed E-state index contributed by atoms with van der Waals surface area (Å²) in [6.07, 6.45) is 6.18. The van der Waals surface area contributed by atoms with Gasteiger partial charge in [0.15, 0.2) is 17.6 Å². The highest BCUT2D eigenvalue weighted by molar-refractivity contribution is 5.90. The van der Waals surface area contributed by atoms with Crippen molar-refractivity contribution < 1.29 is 23.8 Å². The minimum absolute atomic E-state index is 0.133. The van der Waals surface area contributed by atoms with Gasteiger partial charge in [-0.2, -0.15) is 0 Å². The second-order valence-corrected chi connectivity index (χ2v) is 6.31. The molecule has 1 aromatic rings. The summed E-state index contributed by atoms with van der Waals surface area (Å²) >= 11 is 0. The smallest absolute Gasteiger partial charge is 0.337 e. The Morgan fingerprint density at radius 2 is 1.76 bits per heavy atom. The monoisotopic (exact) mass is 349 g/mol. The number of ether oxygens (including phenoxy) is 3. The van der Waals surface area contributed by atoms with E-state index in [1.54, 1.807) is 19.1 Å². The fourth-order valence-corrected chi connectivity index (χ4v) is 3.00. The summed E-state index contributed by atoms with van der Waals surface area (Å²) in [6.45, 7) is 1.71. The Kier molecular flexibility index (Phi) is 7.10. The summed E-state index contributed by atoms with van der Waals surface area (Å²) in [7, 11) is 2.80. The molecule has 0 spiro atoms.